The van der Waals surface area contributed by atoms with Crippen LogP contribution in [0.2, 0.25) is 0 Å². The first kappa shape index (κ1) is 15.0. The molecular formula is C16H24BrNO. The van der Waals surface area contributed by atoms with Gasteiger partial charge in [0.1, 0.15) is 0 Å². The molecule has 0 spiro atoms. The van der Waals surface area contributed by atoms with E-state index in [0.717, 1.165) is 19.7 Å². The van der Waals surface area contributed by atoms with E-state index in [0.29, 0.717) is 5.41 Å². The molecule has 19 heavy (non-hydrogen) atoms. The molecule has 3 heteroatoms. The predicted octanol–water partition coefficient (Wildman–Crippen LogP) is 3.89. The first-order valence-electron chi connectivity index (χ1n) is 7.23. The van der Waals surface area contributed by atoms with Crippen LogP contribution in [0.25, 0.3) is 0 Å². The minimum atomic E-state index is 0.315. The lowest BCUT2D eigenvalue weighted by Crippen LogP contribution is -2.41. The molecule has 1 fully saturated rings. The molecule has 0 saturated heterocycles. The number of halogens is 1. The SMILES string of the molecule is COCCNCC1(c2cccc(Br)c2)CCCCC1. The van der Waals surface area contributed by atoms with E-state index in [-0.39, 0.29) is 0 Å². The van der Waals surface area contributed by atoms with Crippen LogP contribution in [0.1, 0.15) is 37.7 Å². The van der Waals surface area contributed by atoms with E-state index < -0.39 is 0 Å². The van der Waals surface area contributed by atoms with Crippen LogP contribution in [0.3, 0.4) is 0 Å². The lowest BCUT2D eigenvalue weighted by atomic mass is 9.69. The van der Waals surface area contributed by atoms with Gasteiger partial charge in [0, 0.05) is 30.1 Å². The van der Waals surface area contributed by atoms with Crippen molar-refractivity contribution in [1.82, 2.24) is 5.32 Å². The van der Waals surface area contributed by atoms with Crippen LogP contribution in [-0.2, 0) is 10.2 Å². The third-order valence-electron chi connectivity index (χ3n) is 4.19. The summed E-state index contributed by atoms with van der Waals surface area (Å²) in [5.41, 5.74) is 1.79. The van der Waals surface area contributed by atoms with Crippen LogP contribution in [0.15, 0.2) is 28.7 Å². The highest BCUT2D eigenvalue weighted by Crippen LogP contribution is 2.39. The van der Waals surface area contributed by atoms with Crippen molar-refractivity contribution >= 4 is 15.9 Å². The van der Waals surface area contributed by atoms with Crippen molar-refractivity contribution in [3.05, 3.63) is 34.3 Å². The second kappa shape index (κ2) is 7.41. The summed E-state index contributed by atoms with van der Waals surface area (Å²) in [7, 11) is 1.76. The summed E-state index contributed by atoms with van der Waals surface area (Å²) in [6.45, 7) is 2.79. The van der Waals surface area contributed by atoms with E-state index in [2.05, 4.69) is 45.5 Å². The highest BCUT2D eigenvalue weighted by atomic mass is 79.9. The molecule has 0 amide bonds. The molecule has 0 aliphatic heterocycles. The number of methoxy groups -OCH3 is 1. The predicted molar refractivity (Wildman–Crippen MR) is 83.7 cm³/mol. The summed E-state index contributed by atoms with van der Waals surface area (Å²) in [6.07, 6.45) is 6.66. The summed E-state index contributed by atoms with van der Waals surface area (Å²) in [6, 6.07) is 8.85. The van der Waals surface area contributed by atoms with Gasteiger partial charge in [-0.2, -0.15) is 0 Å². The maximum absolute atomic E-state index is 5.12. The van der Waals surface area contributed by atoms with Gasteiger partial charge < -0.3 is 10.1 Å². The first-order chi connectivity index (χ1) is 9.27. The number of hydrogen-bond donors (Lipinski definition) is 1. The lowest BCUT2D eigenvalue weighted by Gasteiger charge is -2.38. The average molecular weight is 326 g/mol. The standard InChI is InChI=1S/C16H24BrNO/c1-19-11-10-18-13-16(8-3-2-4-9-16)14-6-5-7-15(17)12-14/h5-7,12,18H,2-4,8-11,13H2,1H3. The zero-order valence-electron chi connectivity index (χ0n) is 11.8. The third-order valence-corrected chi connectivity index (χ3v) is 4.69. The number of benzene rings is 1. The summed E-state index contributed by atoms with van der Waals surface area (Å²) in [4.78, 5) is 0. The topological polar surface area (TPSA) is 21.3 Å². The maximum atomic E-state index is 5.12. The monoisotopic (exact) mass is 325 g/mol. The van der Waals surface area contributed by atoms with E-state index in [9.17, 15) is 0 Å². The summed E-state index contributed by atoms with van der Waals surface area (Å²) in [5.74, 6) is 0. The average Bonchev–Trinajstić information content (AvgIpc) is 2.45. The van der Waals surface area contributed by atoms with Gasteiger partial charge in [-0.3, -0.25) is 0 Å². The first-order valence-corrected chi connectivity index (χ1v) is 8.02. The maximum Gasteiger partial charge on any atom is 0.0587 e. The Kier molecular flexibility index (Phi) is 5.86. The summed E-state index contributed by atoms with van der Waals surface area (Å²) >= 11 is 3.61. The molecule has 1 aromatic rings. The van der Waals surface area contributed by atoms with Crippen LogP contribution < -0.4 is 5.32 Å². The highest BCUT2D eigenvalue weighted by molar-refractivity contribution is 9.10. The van der Waals surface area contributed by atoms with Gasteiger partial charge in [0.2, 0.25) is 0 Å². The molecule has 1 N–H and O–H groups in total. The second-order valence-corrected chi connectivity index (χ2v) is 6.44. The molecular weight excluding hydrogens is 302 g/mol. The van der Waals surface area contributed by atoms with E-state index in [4.69, 9.17) is 4.74 Å². The molecule has 1 saturated carbocycles. The van der Waals surface area contributed by atoms with Gasteiger partial charge in [0.05, 0.1) is 6.61 Å². The largest absolute Gasteiger partial charge is 0.383 e. The zero-order valence-corrected chi connectivity index (χ0v) is 13.3. The second-order valence-electron chi connectivity index (χ2n) is 5.52. The number of hydrogen-bond acceptors (Lipinski definition) is 2. The van der Waals surface area contributed by atoms with Crippen LogP contribution >= 0.6 is 15.9 Å². The van der Waals surface area contributed by atoms with Crippen LogP contribution in [0.5, 0.6) is 0 Å². The van der Waals surface area contributed by atoms with Gasteiger partial charge >= 0.3 is 0 Å². The third kappa shape index (κ3) is 4.04. The van der Waals surface area contributed by atoms with Crippen LogP contribution in [0, 0.1) is 0 Å². The van der Waals surface area contributed by atoms with Crippen molar-refractivity contribution in [2.24, 2.45) is 0 Å². The number of ether oxygens (including phenoxy) is 1. The zero-order chi connectivity index (χ0) is 13.6. The summed E-state index contributed by atoms with van der Waals surface area (Å²) < 4.78 is 6.31. The molecule has 1 aromatic carbocycles. The van der Waals surface area contributed by atoms with Crippen LogP contribution in [-0.4, -0.2) is 26.8 Å². The molecule has 0 unspecified atom stereocenters. The molecule has 0 radical (unpaired) electrons. The smallest absolute Gasteiger partial charge is 0.0587 e. The Morgan fingerprint density at radius 2 is 2.05 bits per heavy atom. The minimum Gasteiger partial charge on any atom is -0.383 e. The summed E-state index contributed by atoms with van der Waals surface area (Å²) in [5, 5.41) is 3.57. The van der Waals surface area contributed by atoms with Gasteiger partial charge in [-0.1, -0.05) is 47.3 Å². The van der Waals surface area contributed by atoms with Crippen molar-refractivity contribution in [3.8, 4) is 0 Å². The fourth-order valence-corrected chi connectivity index (χ4v) is 3.52. The van der Waals surface area contributed by atoms with Crippen molar-refractivity contribution in [2.45, 2.75) is 37.5 Å². The molecule has 0 heterocycles. The Bertz CT molecular complexity index is 388. The highest BCUT2D eigenvalue weighted by Gasteiger charge is 2.33. The quantitative estimate of drug-likeness (QED) is 0.801. The van der Waals surface area contributed by atoms with E-state index in [1.54, 1.807) is 7.11 Å². The Morgan fingerprint density at radius 3 is 2.74 bits per heavy atom. The number of nitrogens with one attached hydrogen (secondary N) is 1. The molecule has 0 atom stereocenters. The lowest BCUT2D eigenvalue weighted by molar-refractivity contribution is 0.192. The van der Waals surface area contributed by atoms with E-state index >= 15 is 0 Å². The van der Waals surface area contributed by atoms with Gasteiger partial charge in [-0.05, 0) is 30.5 Å². The van der Waals surface area contributed by atoms with E-state index in [1.807, 2.05) is 0 Å². The Balaban J connectivity index is 2.09. The fourth-order valence-electron chi connectivity index (χ4n) is 3.12. The van der Waals surface area contributed by atoms with Gasteiger partial charge in [0.25, 0.3) is 0 Å². The molecule has 1 aliphatic rings. The van der Waals surface area contributed by atoms with Gasteiger partial charge in [-0.25, -0.2) is 0 Å². The van der Waals surface area contributed by atoms with Crippen LogP contribution in [0.4, 0.5) is 0 Å². The molecule has 2 nitrogen and oxygen atoms in total. The van der Waals surface area contributed by atoms with Crippen molar-refractivity contribution in [2.75, 3.05) is 26.8 Å². The minimum absolute atomic E-state index is 0.315. The molecule has 1 aliphatic carbocycles. The van der Waals surface area contributed by atoms with Gasteiger partial charge in [-0.15, -0.1) is 0 Å². The molecule has 0 bridgehead atoms. The molecule has 106 valence electrons. The van der Waals surface area contributed by atoms with Gasteiger partial charge in [0.15, 0.2) is 0 Å². The Hall–Kier alpha value is -0.380. The van der Waals surface area contributed by atoms with E-state index in [1.165, 1.54) is 42.1 Å². The Morgan fingerprint density at radius 1 is 1.26 bits per heavy atom. The molecule has 0 aromatic heterocycles. The fraction of sp³-hybridized carbons (Fsp3) is 0.625. The molecule has 2 rings (SSSR count). The normalized spacial score (nSPS) is 18.4. The number of rotatable bonds is 6. The Labute approximate surface area is 125 Å². The van der Waals surface area contributed by atoms with Crippen molar-refractivity contribution in [1.29, 1.82) is 0 Å². The van der Waals surface area contributed by atoms with Crippen molar-refractivity contribution < 1.29 is 4.74 Å². The van der Waals surface area contributed by atoms with Crippen molar-refractivity contribution in [3.63, 3.8) is 0 Å².